The Balaban J connectivity index is 2.31. The summed E-state index contributed by atoms with van der Waals surface area (Å²) in [5.74, 6) is -0.840. The lowest BCUT2D eigenvalue weighted by atomic mass is 9.99. The van der Waals surface area contributed by atoms with Crippen molar-refractivity contribution in [1.29, 1.82) is 0 Å². The summed E-state index contributed by atoms with van der Waals surface area (Å²) in [7, 11) is 1.75. The molecule has 1 heterocycles. The molecule has 1 N–H and O–H groups in total. The van der Waals surface area contributed by atoms with Crippen molar-refractivity contribution in [3.8, 4) is 0 Å². The number of fused-ring (bicyclic) bond motifs is 1. The van der Waals surface area contributed by atoms with Crippen molar-refractivity contribution < 1.29 is 14.7 Å². The van der Waals surface area contributed by atoms with Crippen LogP contribution in [0.4, 0.5) is 0 Å². The van der Waals surface area contributed by atoms with E-state index in [4.69, 9.17) is 5.11 Å². The van der Waals surface area contributed by atoms with Crippen LogP contribution in [-0.4, -0.2) is 28.9 Å². The summed E-state index contributed by atoms with van der Waals surface area (Å²) in [4.78, 5) is 24.0. The molecule has 16 heavy (non-hydrogen) atoms. The zero-order chi connectivity index (χ0) is 11.7. The maximum atomic E-state index is 11.8. The van der Waals surface area contributed by atoms with Gasteiger partial charge in [0.1, 0.15) is 0 Å². The highest BCUT2D eigenvalue weighted by atomic mass is 16.4. The number of amides is 1. The molecule has 1 aromatic rings. The number of carbonyl (C=O) groups excluding carboxylic acids is 1. The lowest BCUT2D eigenvalue weighted by Gasteiger charge is -2.06. The minimum atomic E-state index is -0.837. The molecule has 84 valence electrons. The van der Waals surface area contributed by atoms with E-state index in [2.05, 4.69) is 0 Å². The number of carboxylic acid groups (broad SMARTS) is 1. The van der Waals surface area contributed by atoms with Crippen molar-refractivity contribution in [2.45, 2.75) is 19.4 Å². The van der Waals surface area contributed by atoms with E-state index >= 15 is 0 Å². The van der Waals surface area contributed by atoms with E-state index in [-0.39, 0.29) is 12.3 Å². The molecule has 0 spiro atoms. The molecule has 1 aliphatic rings. The minimum Gasteiger partial charge on any atom is -0.481 e. The first kappa shape index (κ1) is 10.7. The van der Waals surface area contributed by atoms with E-state index in [0.717, 1.165) is 11.1 Å². The van der Waals surface area contributed by atoms with Crippen molar-refractivity contribution in [2.75, 3.05) is 7.05 Å². The summed E-state index contributed by atoms with van der Waals surface area (Å²) in [5.41, 5.74) is 2.54. The summed E-state index contributed by atoms with van der Waals surface area (Å²) >= 11 is 0. The Morgan fingerprint density at radius 2 is 2.25 bits per heavy atom. The third-order valence-electron chi connectivity index (χ3n) is 2.81. The second-order valence-corrected chi connectivity index (χ2v) is 4.01. The van der Waals surface area contributed by atoms with Gasteiger partial charge in [-0.25, -0.2) is 0 Å². The first-order valence-corrected chi connectivity index (χ1v) is 5.17. The fraction of sp³-hybridized carbons (Fsp3) is 0.333. The van der Waals surface area contributed by atoms with Gasteiger partial charge in [-0.05, 0) is 17.5 Å². The summed E-state index contributed by atoms with van der Waals surface area (Å²) in [6.45, 7) is 0.620. The number of rotatable bonds is 3. The number of carbonyl (C=O) groups is 2. The molecular formula is C12H13NO3. The van der Waals surface area contributed by atoms with Gasteiger partial charge in [-0.3, -0.25) is 9.59 Å². The van der Waals surface area contributed by atoms with Crippen LogP contribution < -0.4 is 0 Å². The molecule has 0 saturated carbocycles. The molecule has 0 radical (unpaired) electrons. The van der Waals surface area contributed by atoms with Crippen LogP contribution in [0.1, 0.15) is 27.9 Å². The van der Waals surface area contributed by atoms with Crippen LogP contribution in [0.5, 0.6) is 0 Å². The quantitative estimate of drug-likeness (QED) is 0.833. The molecule has 0 bridgehead atoms. The van der Waals surface area contributed by atoms with Crippen LogP contribution in [0, 0.1) is 0 Å². The standard InChI is InChI=1S/C12H13NO3/c1-13-7-9-4-2-3-8(5-6-10(14)15)11(9)12(13)16/h2-4H,5-7H2,1H3,(H,14,15). The minimum absolute atomic E-state index is 0.00371. The van der Waals surface area contributed by atoms with E-state index in [1.54, 1.807) is 11.9 Å². The number of hydrogen-bond donors (Lipinski definition) is 1. The van der Waals surface area contributed by atoms with Crippen molar-refractivity contribution in [3.63, 3.8) is 0 Å². The lowest BCUT2D eigenvalue weighted by molar-refractivity contribution is -0.136. The van der Waals surface area contributed by atoms with Gasteiger partial charge in [-0.1, -0.05) is 18.2 Å². The van der Waals surface area contributed by atoms with Crippen molar-refractivity contribution >= 4 is 11.9 Å². The third-order valence-corrected chi connectivity index (χ3v) is 2.81. The van der Waals surface area contributed by atoms with Gasteiger partial charge in [-0.15, -0.1) is 0 Å². The molecule has 4 nitrogen and oxygen atoms in total. The fourth-order valence-corrected chi connectivity index (χ4v) is 2.03. The number of carboxylic acids is 1. The average molecular weight is 219 g/mol. The second-order valence-electron chi connectivity index (χ2n) is 4.01. The molecule has 1 aliphatic heterocycles. The lowest BCUT2D eigenvalue weighted by Crippen LogP contribution is -2.18. The molecule has 0 aliphatic carbocycles. The summed E-state index contributed by atoms with van der Waals surface area (Å²) < 4.78 is 0. The average Bonchev–Trinajstić information content (AvgIpc) is 2.52. The van der Waals surface area contributed by atoms with Gasteiger partial charge < -0.3 is 10.0 Å². The highest BCUT2D eigenvalue weighted by Crippen LogP contribution is 2.25. The Kier molecular flexibility index (Phi) is 2.64. The van der Waals surface area contributed by atoms with Gasteiger partial charge in [0.25, 0.3) is 5.91 Å². The predicted molar refractivity (Wildman–Crippen MR) is 58.2 cm³/mol. The van der Waals surface area contributed by atoms with Gasteiger partial charge in [0.15, 0.2) is 0 Å². The fourth-order valence-electron chi connectivity index (χ4n) is 2.03. The number of benzene rings is 1. The number of aliphatic carboxylic acids is 1. The summed E-state index contributed by atoms with van der Waals surface area (Å²) in [6, 6.07) is 5.63. The summed E-state index contributed by atoms with van der Waals surface area (Å²) in [6.07, 6.45) is 0.478. The van der Waals surface area contributed by atoms with E-state index in [1.807, 2.05) is 18.2 Å². The van der Waals surface area contributed by atoms with Crippen molar-refractivity contribution in [2.24, 2.45) is 0 Å². The SMILES string of the molecule is CN1Cc2cccc(CCC(=O)O)c2C1=O. The first-order chi connectivity index (χ1) is 7.59. The Hall–Kier alpha value is -1.84. The van der Waals surface area contributed by atoms with Gasteiger partial charge in [-0.2, -0.15) is 0 Å². The van der Waals surface area contributed by atoms with Crippen molar-refractivity contribution in [3.05, 3.63) is 34.9 Å². The van der Waals surface area contributed by atoms with E-state index in [9.17, 15) is 9.59 Å². The molecule has 0 aromatic heterocycles. The molecule has 1 aromatic carbocycles. The Bertz CT molecular complexity index is 454. The van der Waals surface area contributed by atoms with Crippen LogP contribution in [-0.2, 0) is 17.8 Å². The zero-order valence-corrected chi connectivity index (χ0v) is 9.06. The largest absolute Gasteiger partial charge is 0.481 e. The predicted octanol–water partition coefficient (Wildman–Crippen LogP) is 1.29. The number of aryl methyl sites for hydroxylation is 1. The number of hydrogen-bond acceptors (Lipinski definition) is 2. The third kappa shape index (κ3) is 1.78. The second kappa shape index (κ2) is 3.96. The van der Waals surface area contributed by atoms with Crippen LogP contribution in [0.25, 0.3) is 0 Å². The molecular weight excluding hydrogens is 206 g/mol. The maximum absolute atomic E-state index is 11.8. The molecule has 0 atom stereocenters. The van der Waals surface area contributed by atoms with Gasteiger partial charge in [0, 0.05) is 25.6 Å². The topological polar surface area (TPSA) is 57.6 Å². The van der Waals surface area contributed by atoms with Crippen LogP contribution >= 0.6 is 0 Å². The van der Waals surface area contributed by atoms with Gasteiger partial charge >= 0.3 is 5.97 Å². The zero-order valence-electron chi connectivity index (χ0n) is 9.06. The van der Waals surface area contributed by atoms with Crippen LogP contribution in [0.3, 0.4) is 0 Å². The summed E-state index contributed by atoms with van der Waals surface area (Å²) in [5, 5.41) is 8.65. The van der Waals surface area contributed by atoms with Gasteiger partial charge in [0.2, 0.25) is 0 Å². The Morgan fingerprint density at radius 1 is 1.50 bits per heavy atom. The van der Waals surface area contributed by atoms with Crippen LogP contribution in [0.2, 0.25) is 0 Å². The smallest absolute Gasteiger partial charge is 0.303 e. The Labute approximate surface area is 93.5 Å². The Morgan fingerprint density at radius 3 is 2.94 bits per heavy atom. The van der Waals surface area contributed by atoms with Crippen LogP contribution in [0.15, 0.2) is 18.2 Å². The normalized spacial score (nSPS) is 14.1. The highest BCUT2D eigenvalue weighted by Gasteiger charge is 2.26. The van der Waals surface area contributed by atoms with E-state index < -0.39 is 5.97 Å². The molecule has 2 rings (SSSR count). The molecule has 4 heteroatoms. The van der Waals surface area contributed by atoms with Crippen molar-refractivity contribution in [1.82, 2.24) is 4.90 Å². The monoisotopic (exact) mass is 219 g/mol. The molecule has 0 unspecified atom stereocenters. The first-order valence-electron chi connectivity index (χ1n) is 5.17. The molecule has 1 amide bonds. The van der Waals surface area contributed by atoms with Gasteiger partial charge in [0.05, 0.1) is 0 Å². The van der Waals surface area contributed by atoms with E-state index in [1.165, 1.54) is 0 Å². The van der Waals surface area contributed by atoms with E-state index in [0.29, 0.717) is 18.5 Å². The molecule has 0 saturated heterocycles. The number of nitrogens with zero attached hydrogens (tertiary/aromatic N) is 1. The molecule has 0 fully saturated rings. The highest BCUT2D eigenvalue weighted by molar-refractivity contribution is 5.99. The maximum Gasteiger partial charge on any atom is 0.303 e.